The van der Waals surface area contributed by atoms with Gasteiger partial charge in [0.2, 0.25) is 0 Å². The van der Waals surface area contributed by atoms with Crippen LogP contribution in [0.1, 0.15) is 31.2 Å². The Hall–Kier alpha value is -3.33. The molecule has 2 aromatic carbocycles. The molecule has 1 heterocycles. The summed E-state index contributed by atoms with van der Waals surface area (Å²) in [4.78, 5) is 15.1. The maximum Gasteiger partial charge on any atom is 0.319 e. The Morgan fingerprint density at radius 2 is 1.97 bits per heavy atom. The van der Waals surface area contributed by atoms with Gasteiger partial charge in [0.25, 0.3) is 0 Å². The van der Waals surface area contributed by atoms with Gasteiger partial charge in [0.05, 0.1) is 0 Å². The third-order valence-electron chi connectivity index (χ3n) is 6.47. The van der Waals surface area contributed by atoms with E-state index in [1.165, 1.54) is 18.6 Å². The molecule has 0 unspecified atom stereocenters. The fourth-order valence-electron chi connectivity index (χ4n) is 4.62. The molecule has 0 radical (unpaired) electrons. The predicted octanol–water partition coefficient (Wildman–Crippen LogP) is 3.87. The Kier molecular flexibility index (Phi) is 7.84. The van der Waals surface area contributed by atoms with Gasteiger partial charge >= 0.3 is 6.03 Å². The average Bonchev–Trinajstić information content (AvgIpc) is 3.26. The average molecular weight is 466 g/mol. The Morgan fingerprint density at radius 1 is 1.18 bits per heavy atom. The fourth-order valence-corrected chi connectivity index (χ4v) is 4.62. The van der Waals surface area contributed by atoms with E-state index >= 15 is 0 Å². The quantitative estimate of drug-likeness (QED) is 0.527. The maximum absolute atomic E-state index is 13.1. The fraction of sp³-hybridized carbons (Fsp3) is 0.440. The van der Waals surface area contributed by atoms with Gasteiger partial charge in [-0.3, -0.25) is 0 Å². The van der Waals surface area contributed by atoms with Crippen LogP contribution >= 0.6 is 0 Å². The lowest BCUT2D eigenvalue weighted by Crippen LogP contribution is -2.47. The second kappa shape index (κ2) is 11.2. The predicted molar refractivity (Wildman–Crippen MR) is 130 cm³/mol. The summed E-state index contributed by atoms with van der Waals surface area (Å²) in [7, 11) is 3.89. The van der Waals surface area contributed by atoms with E-state index in [0.717, 1.165) is 49.9 Å². The van der Waals surface area contributed by atoms with E-state index < -0.39 is 0 Å². The van der Waals surface area contributed by atoms with E-state index in [2.05, 4.69) is 38.1 Å². The number of urea groups is 1. The van der Waals surface area contributed by atoms with E-state index in [1.54, 1.807) is 11.7 Å². The molecule has 1 saturated carbocycles. The minimum atomic E-state index is -0.205. The summed E-state index contributed by atoms with van der Waals surface area (Å²) in [6.45, 7) is 1.81. The molecule has 1 aromatic heterocycles. The van der Waals surface area contributed by atoms with Gasteiger partial charge in [0.15, 0.2) is 5.82 Å². The molecule has 34 heavy (non-hydrogen) atoms. The second-order valence-electron chi connectivity index (χ2n) is 9.10. The number of benzene rings is 2. The normalized spacial score (nSPS) is 18.1. The number of aromatic nitrogens is 4. The summed E-state index contributed by atoms with van der Waals surface area (Å²) in [5.74, 6) is 0.831. The van der Waals surface area contributed by atoms with Gasteiger partial charge in [0.1, 0.15) is 5.82 Å². The van der Waals surface area contributed by atoms with Crippen LogP contribution in [0.5, 0.6) is 0 Å². The first-order valence-corrected chi connectivity index (χ1v) is 11.8. The number of nitrogens with zero attached hydrogens (tertiary/aromatic N) is 5. The molecule has 1 fully saturated rings. The number of amides is 2. The van der Waals surface area contributed by atoms with Crippen LogP contribution < -0.4 is 10.6 Å². The summed E-state index contributed by atoms with van der Waals surface area (Å²) in [6, 6.07) is 14.1. The van der Waals surface area contributed by atoms with Crippen molar-refractivity contribution in [2.45, 2.75) is 38.1 Å². The zero-order valence-electron chi connectivity index (χ0n) is 19.7. The number of aryl methyl sites for hydroxylation is 1. The standard InChI is InChI=1S/C25H32FN7O/c1-32(15-14-18-10-12-21(26)13-11-18)17-20-6-3-4-9-23(20)28-25(34)27-22-8-5-7-19(16-22)24-29-30-31-33(24)2/h5,7-8,10-13,16,20,23H,3-4,6,9,14-15,17H2,1-2H3,(H2,27,28,34)/t20-,23+/m0/s1. The number of nitrogens with one attached hydrogen (secondary N) is 2. The SMILES string of the molecule is CN(CCc1ccc(F)cc1)C[C@@H]1CCCC[C@H]1NC(=O)Nc1cccc(-c2nnnn2C)c1. The van der Waals surface area contributed by atoms with Crippen LogP contribution in [0.3, 0.4) is 0 Å². The van der Waals surface area contributed by atoms with Gasteiger partial charge < -0.3 is 15.5 Å². The molecule has 2 N–H and O–H groups in total. The summed E-state index contributed by atoms with van der Waals surface area (Å²) in [5, 5.41) is 17.7. The molecule has 8 nitrogen and oxygen atoms in total. The number of anilines is 1. The lowest BCUT2D eigenvalue weighted by molar-refractivity contribution is 0.189. The van der Waals surface area contributed by atoms with Gasteiger partial charge in [-0.2, -0.15) is 0 Å². The van der Waals surface area contributed by atoms with Gasteiger partial charge in [0, 0.05) is 37.4 Å². The largest absolute Gasteiger partial charge is 0.335 e. The molecule has 180 valence electrons. The summed E-state index contributed by atoms with van der Waals surface area (Å²) >= 11 is 0. The molecule has 0 spiro atoms. The van der Waals surface area contributed by atoms with Gasteiger partial charge in [-0.1, -0.05) is 37.1 Å². The Bertz CT molecular complexity index is 1080. The van der Waals surface area contributed by atoms with Crippen LogP contribution in [-0.2, 0) is 13.5 Å². The molecule has 1 aliphatic carbocycles. The smallest absolute Gasteiger partial charge is 0.319 e. The molecule has 4 rings (SSSR count). The highest BCUT2D eigenvalue weighted by Crippen LogP contribution is 2.26. The number of likely N-dealkylation sites (N-methyl/N-ethyl adjacent to an activating group) is 1. The lowest BCUT2D eigenvalue weighted by Gasteiger charge is -2.35. The third kappa shape index (κ3) is 6.38. The van der Waals surface area contributed by atoms with Crippen molar-refractivity contribution in [1.82, 2.24) is 30.4 Å². The van der Waals surface area contributed by atoms with E-state index in [4.69, 9.17) is 0 Å². The molecule has 9 heteroatoms. The molecule has 0 bridgehead atoms. The minimum Gasteiger partial charge on any atom is -0.335 e. The van der Waals surface area contributed by atoms with E-state index in [0.29, 0.717) is 17.4 Å². The maximum atomic E-state index is 13.1. The van der Waals surface area contributed by atoms with E-state index in [9.17, 15) is 9.18 Å². The zero-order chi connectivity index (χ0) is 23.9. The molecule has 1 aliphatic rings. The highest BCUT2D eigenvalue weighted by Gasteiger charge is 2.27. The highest BCUT2D eigenvalue weighted by molar-refractivity contribution is 5.90. The Balaban J connectivity index is 1.30. The molecular weight excluding hydrogens is 433 g/mol. The van der Waals surface area contributed by atoms with E-state index in [1.807, 2.05) is 36.4 Å². The Labute approximate surface area is 199 Å². The van der Waals surface area contributed by atoms with Crippen molar-refractivity contribution in [2.24, 2.45) is 13.0 Å². The molecule has 0 saturated heterocycles. The van der Waals surface area contributed by atoms with Crippen molar-refractivity contribution in [3.8, 4) is 11.4 Å². The first-order valence-electron chi connectivity index (χ1n) is 11.8. The third-order valence-corrected chi connectivity index (χ3v) is 6.47. The minimum absolute atomic E-state index is 0.133. The first kappa shape index (κ1) is 23.8. The van der Waals surface area contributed by atoms with Crippen LogP contribution in [0.25, 0.3) is 11.4 Å². The second-order valence-corrected chi connectivity index (χ2v) is 9.10. The first-order chi connectivity index (χ1) is 16.5. The van der Waals surface area contributed by atoms with Crippen molar-refractivity contribution < 1.29 is 9.18 Å². The van der Waals surface area contributed by atoms with Crippen LogP contribution in [0.15, 0.2) is 48.5 Å². The van der Waals surface area contributed by atoms with E-state index in [-0.39, 0.29) is 17.9 Å². The molecule has 2 atom stereocenters. The number of hydrogen-bond acceptors (Lipinski definition) is 5. The van der Waals surface area contributed by atoms with Gasteiger partial charge in [-0.15, -0.1) is 5.10 Å². The molecular formula is C25H32FN7O. The topological polar surface area (TPSA) is 88.0 Å². The van der Waals surface area contributed by atoms with Crippen LogP contribution in [0.4, 0.5) is 14.9 Å². The molecule has 2 amide bonds. The number of halogens is 1. The van der Waals surface area contributed by atoms with Crippen LogP contribution in [-0.4, -0.2) is 57.3 Å². The summed E-state index contributed by atoms with van der Waals surface area (Å²) in [5.41, 5.74) is 2.66. The monoisotopic (exact) mass is 465 g/mol. The van der Waals surface area contributed by atoms with Gasteiger partial charge in [-0.25, -0.2) is 13.9 Å². The van der Waals surface area contributed by atoms with Crippen molar-refractivity contribution in [1.29, 1.82) is 0 Å². The number of carbonyl (C=O) groups is 1. The van der Waals surface area contributed by atoms with Crippen molar-refractivity contribution in [2.75, 3.05) is 25.5 Å². The van der Waals surface area contributed by atoms with Crippen LogP contribution in [0.2, 0.25) is 0 Å². The number of rotatable bonds is 8. The van der Waals surface area contributed by atoms with Gasteiger partial charge in [-0.05, 0) is 72.5 Å². The number of hydrogen-bond donors (Lipinski definition) is 2. The van der Waals surface area contributed by atoms with Crippen molar-refractivity contribution >= 4 is 11.7 Å². The van der Waals surface area contributed by atoms with Crippen LogP contribution in [0, 0.1) is 11.7 Å². The zero-order valence-corrected chi connectivity index (χ0v) is 19.7. The molecule has 3 aromatic rings. The number of carbonyl (C=O) groups excluding carboxylic acids is 1. The summed E-state index contributed by atoms with van der Waals surface area (Å²) in [6.07, 6.45) is 5.26. The Morgan fingerprint density at radius 3 is 2.74 bits per heavy atom. The highest BCUT2D eigenvalue weighted by atomic mass is 19.1. The lowest BCUT2D eigenvalue weighted by atomic mass is 9.84. The van der Waals surface area contributed by atoms with Crippen molar-refractivity contribution in [3.05, 3.63) is 59.9 Å². The molecule has 0 aliphatic heterocycles. The van der Waals surface area contributed by atoms with Crippen molar-refractivity contribution in [3.63, 3.8) is 0 Å². The number of tetrazole rings is 1. The summed E-state index contributed by atoms with van der Waals surface area (Å²) < 4.78 is 14.7.